The van der Waals surface area contributed by atoms with Crippen molar-refractivity contribution in [3.8, 4) is 0 Å². The first-order valence-corrected chi connectivity index (χ1v) is 8.25. The largest absolute Gasteiger partial charge is 0.443 e. The van der Waals surface area contributed by atoms with Crippen LogP contribution in [0.1, 0.15) is 59.6 Å². The molecule has 1 saturated carbocycles. The summed E-state index contributed by atoms with van der Waals surface area (Å²) in [6, 6.07) is -0.0812. The lowest BCUT2D eigenvalue weighted by Crippen LogP contribution is -2.63. The van der Waals surface area contributed by atoms with E-state index in [2.05, 4.69) is 50.2 Å². The summed E-state index contributed by atoms with van der Waals surface area (Å²) in [6.07, 6.45) is 2.77. The third-order valence-corrected chi connectivity index (χ3v) is 4.54. The van der Waals surface area contributed by atoms with Crippen LogP contribution in [0.2, 0.25) is 0 Å². The SMILES string of the molecule is CCO[C@H]1C[C@H](NC(=O)NCc2ncc(C(C)(C)C)o2)C1(C)C. The Morgan fingerprint density at radius 2 is 2.17 bits per heavy atom. The lowest BCUT2D eigenvalue weighted by molar-refractivity contribution is -0.110. The van der Waals surface area contributed by atoms with Crippen LogP contribution in [0.5, 0.6) is 0 Å². The minimum absolute atomic E-state index is 0.0459. The van der Waals surface area contributed by atoms with Crippen molar-refractivity contribution in [2.75, 3.05) is 6.61 Å². The molecule has 0 radical (unpaired) electrons. The first kappa shape index (κ1) is 17.8. The number of nitrogens with one attached hydrogen (secondary N) is 2. The predicted molar refractivity (Wildman–Crippen MR) is 88.2 cm³/mol. The molecule has 1 aliphatic carbocycles. The Morgan fingerprint density at radius 3 is 2.70 bits per heavy atom. The van der Waals surface area contributed by atoms with E-state index in [0.717, 1.165) is 12.2 Å². The summed E-state index contributed by atoms with van der Waals surface area (Å²) in [5, 5.41) is 5.80. The summed E-state index contributed by atoms with van der Waals surface area (Å²) in [5.74, 6) is 1.33. The Kier molecular flexibility index (Phi) is 5.04. The fourth-order valence-electron chi connectivity index (χ4n) is 2.72. The van der Waals surface area contributed by atoms with Crippen molar-refractivity contribution in [3.05, 3.63) is 17.8 Å². The number of oxazole rings is 1. The molecule has 2 atom stereocenters. The number of urea groups is 1. The number of ether oxygens (including phenoxy) is 1. The highest BCUT2D eigenvalue weighted by Gasteiger charge is 2.49. The first-order valence-electron chi connectivity index (χ1n) is 8.25. The van der Waals surface area contributed by atoms with Crippen LogP contribution in [0.25, 0.3) is 0 Å². The molecular weight excluding hydrogens is 294 g/mol. The molecule has 1 aromatic heterocycles. The molecule has 23 heavy (non-hydrogen) atoms. The smallest absolute Gasteiger partial charge is 0.315 e. The van der Waals surface area contributed by atoms with E-state index in [1.165, 1.54) is 0 Å². The molecule has 2 amide bonds. The fraction of sp³-hybridized carbons (Fsp3) is 0.765. The van der Waals surface area contributed by atoms with Crippen LogP contribution in [0, 0.1) is 5.41 Å². The van der Waals surface area contributed by atoms with Crippen molar-refractivity contribution in [3.63, 3.8) is 0 Å². The van der Waals surface area contributed by atoms with Crippen molar-refractivity contribution in [2.45, 2.75) is 72.1 Å². The van der Waals surface area contributed by atoms with E-state index in [4.69, 9.17) is 9.15 Å². The lowest BCUT2D eigenvalue weighted by atomic mass is 9.64. The second-order valence-corrected chi connectivity index (χ2v) is 7.75. The molecule has 2 N–H and O–H groups in total. The van der Waals surface area contributed by atoms with Crippen LogP contribution in [0.15, 0.2) is 10.6 Å². The average Bonchev–Trinajstić information content (AvgIpc) is 2.93. The molecule has 6 nitrogen and oxygen atoms in total. The fourth-order valence-corrected chi connectivity index (χ4v) is 2.72. The monoisotopic (exact) mass is 323 g/mol. The molecule has 0 spiro atoms. The number of nitrogens with zero attached hydrogens (tertiary/aromatic N) is 1. The molecule has 130 valence electrons. The molecule has 0 unspecified atom stereocenters. The summed E-state index contributed by atoms with van der Waals surface area (Å²) in [7, 11) is 0. The van der Waals surface area contributed by atoms with Crippen LogP contribution in [-0.4, -0.2) is 29.8 Å². The van der Waals surface area contributed by atoms with Gasteiger partial charge in [0.25, 0.3) is 0 Å². The van der Waals surface area contributed by atoms with E-state index in [-0.39, 0.29) is 35.6 Å². The molecular formula is C17H29N3O3. The van der Waals surface area contributed by atoms with Crippen molar-refractivity contribution in [1.82, 2.24) is 15.6 Å². The highest BCUT2D eigenvalue weighted by atomic mass is 16.5. The molecule has 6 heteroatoms. The summed E-state index contributed by atoms with van der Waals surface area (Å²) < 4.78 is 11.3. The molecule has 1 aliphatic rings. The third kappa shape index (κ3) is 4.05. The van der Waals surface area contributed by atoms with Gasteiger partial charge in [-0.1, -0.05) is 34.6 Å². The van der Waals surface area contributed by atoms with Crippen LogP contribution in [0.4, 0.5) is 4.79 Å². The molecule has 0 aliphatic heterocycles. The van der Waals surface area contributed by atoms with Crippen LogP contribution in [-0.2, 0) is 16.7 Å². The van der Waals surface area contributed by atoms with Gasteiger partial charge in [-0.2, -0.15) is 0 Å². The van der Waals surface area contributed by atoms with Crippen molar-refractivity contribution in [2.24, 2.45) is 5.41 Å². The van der Waals surface area contributed by atoms with Gasteiger partial charge in [0.2, 0.25) is 5.89 Å². The standard InChI is InChI=1S/C17H29N3O3/c1-7-22-12-8-11(17(12,5)6)20-15(21)19-10-14-18-9-13(23-14)16(2,3)4/h9,11-12H,7-8,10H2,1-6H3,(H2,19,20,21)/t11-,12-/m0/s1. The van der Waals surface area contributed by atoms with Gasteiger partial charge < -0.3 is 19.8 Å². The Bertz CT molecular complexity index is 546. The molecule has 0 aromatic carbocycles. The minimum Gasteiger partial charge on any atom is -0.443 e. The maximum Gasteiger partial charge on any atom is 0.315 e. The van der Waals surface area contributed by atoms with Gasteiger partial charge in [0, 0.05) is 23.5 Å². The maximum atomic E-state index is 12.0. The van der Waals surface area contributed by atoms with E-state index >= 15 is 0 Å². The number of amides is 2. The van der Waals surface area contributed by atoms with Gasteiger partial charge in [0.05, 0.1) is 18.8 Å². The quantitative estimate of drug-likeness (QED) is 0.873. The molecule has 2 rings (SSSR count). The molecule has 1 aromatic rings. The topological polar surface area (TPSA) is 76.4 Å². The number of carbonyl (C=O) groups is 1. The van der Waals surface area contributed by atoms with Crippen molar-refractivity contribution >= 4 is 6.03 Å². The Labute approximate surface area is 138 Å². The highest BCUT2D eigenvalue weighted by molar-refractivity contribution is 5.74. The first-order chi connectivity index (χ1) is 10.6. The number of rotatable bonds is 5. The zero-order chi connectivity index (χ0) is 17.3. The highest BCUT2D eigenvalue weighted by Crippen LogP contribution is 2.42. The summed E-state index contributed by atoms with van der Waals surface area (Å²) in [6.45, 7) is 13.4. The normalized spacial score (nSPS) is 23.2. The van der Waals surface area contributed by atoms with Crippen molar-refractivity contribution in [1.29, 1.82) is 0 Å². The van der Waals surface area contributed by atoms with Gasteiger partial charge >= 0.3 is 6.03 Å². The van der Waals surface area contributed by atoms with Gasteiger partial charge in [-0.25, -0.2) is 9.78 Å². The van der Waals surface area contributed by atoms with E-state index < -0.39 is 0 Å². The van der Waals surface area contributed by atoms with Gasteiger partial charge in [0.15, 0.2) is 0 Å². The number of hydrogen-bond donors (Lipinski definition) is 2. The average molecular weight is 323 g/mol. The van der Waals surface area contributed by atoms with E-state index in [9.17, 15) is 4.79 Å². The summed E-state index contributed by atoms with van der Waals surface area (Å²) >= 11 is 0. The Morgan fingerprint density at radius 1 is 1.48 bits per heavy atom. The van der Waals surface area contributed by atoms with Crippen LogP contribution in [0.3, 0.4) is 0 Å². The third-order valence-electron chi connectivity index (χ3n) is 4.54. The van der Waals surface area contributed by atoms with E-state index in [0.29, 0.717) is 12.5 Å². The van der Waals surface area contributed by atoms with Crippen molar-refractivity contribution < 1.29 is 13.9 Å². The number of hydrogen-bond acceptors (Lipinski definition) is 4. The molecule has 0 bridgehead atoms. The van der Waals surface area contributed by atoms with Crippen LogP contribution >= 0.6 is 0 Å². The Balaban J connectivity index is 1.79. The Hall–Kier alpha value is -1.56. The second kappa shape index (κ2) is 6.51. The zero-order valence-corrected chi connectivity index (χ0v) is 15.0. The minimum atomic E-state index is -0.200. The summed E-state index contributed by atoms with van der Waals surface area (Å²) in [4.78, 5) is 16.2. The molecule has 1 heterocycles. The van der Waals surface area contributed by atoms with Gasteiger partial charge in [0.1, 0.15) is 5.76 Å². The van der Waals surface area contributed by atoms with Gasteiger partial charge in [-0.3, -0.25) is 0 Å². The van der Waals surface area contributed by atoms with E-state index in [1.807, 2.05) is 6.92 Å². The molecule has 0 saturated heterocycles. The number of aromatic nitrogens is 1. The predicted octanol–water partition coefficient (Wildman–Crippen LogP) is 2.97. The van der Waals surface area contributed by atoms with Gasteiger partial charge in [-0.15, -0.1) is 0 Å². The van der Waals surface area contributed by atoms with E-state index in [1.54, 1.807) is 6.20 Å². The molecule has 1 fully saturated rings. The maximum absolute atomic E-state index is 12.0. The number of carbonyl (C=O) groups excluding carboxylic acids is 1. The lowest BCUT2D eigenvalue weighted by Gasteiger charge is -2.51. The second-order valence-electron chi connectivity index (χ2n) is 7.75. The van der Waals surface area contributed by atoms with Gasteiger partial charge in [-0.05, 0) is 13.3 Å². The summed E-state index contributed by atoms with van der Waals surface area (Å²) in [5.41, 5.74) is -0.132. The van der Waals surface area contributed by atoms with Crippen LogP contribution < -0.4 is 10.6 Å². The zero-order valence-electron chi connectivity index (χ0n) is 15.0.